The molecule has 3 rings (SSSR count). The Labute approximate surface area is 141 Å². The molecular formula is C19H20N2O3. The third kappa shape index (κ3) is 3.11. The van der Waals surface area contributed by atoms with Gasteiger partial charge in [0.2, 0.25) is 11.8 Å². The van der Waals surface area contributed by atoms with Gasteiger partial charge in [-0.2, -0.15) is 0 Å². The van der Waals surface area contributed by atoms with E-state index in [1.165, 1.54) is 0 Å². The number of carbonyl (C=O) groups is 2. The molecule has 124 valence electrons. The maximum Gasteiger partial charge on any atom is 0.230 e. The van der Waals surface area contributed by atoms with Gasteiger partial charge < -0.3 is 15.0 Å². The second-order valence-electron chi connectivity index (χ2n) is 5.89. The molecule has 0 radical (unpaired) electrons. The Morgan fingerprint density at radius 2 is 1.92 bits per heavy atom. The second-order valence-corrected chi connectivity index (χ2v) is 5.89. The quantitative estimate of drug-likeness (QED) is 0.941. The molecule has 1 saturated heterocycles. The number of benzene rings is 2. The summed E-state index contributed by atoms with van der Waals surface area (Å²) in [5, 5.41) is 2.90. The maximum absolute atomic E-state index is 12.8. The molecule has 5 heteroatoms. The summed E-state index contributed by atoms with van der Waals surface area (Å²) in [6.45, 7) is 0. The lowest BCUT2D eigenvalue weighted by Crippen LogP contribution is -2.30. The third-order valence-electron chi connectivity index (χ3n) is 4.40. The minimum absolute atomic E-state index is 0.0188. The Hall–Kier alpha value is -2.82. The molecule has 1 heterocycles. The average Bonchev–Trinajstić information content (AvgIpc) is 2.91. The van der Waals surface area contributed by atoms with Gasteiger partial charge in [0.25, 0.3) is 0 Å². The number of anilines is 1. The number of methoxy groups -OCH3 is 1. The molecule has 0 aromatic heterocycles. The van der Waals surface area contributed by atoms with Gasteiger partial charge in [0.15, 0.2) is 0 Å². The number of rotatable bonds is 4. The molecule has 0 spiro atoms. The number of nitrogens with one attached hydrogen (secondary N) is 1. The second kappa shape index (κ2) is 6.74. The van der Waals surface area contributed by atoms with Crippen LogP contribution in [0.15, 0.2) is 54.6 Å². The highest BCUT2D eigenvalue weighted by molar-refractivity contribution is 5.98. The number of likely N-dealkylation sites (tertiary alicyclic amines) is 1. The van der Waals surface area contributed by atoms with Gasteiger partial charge in [-0.15, -0.1) is 0 Å². The SMILES string of the molecule is COc1cccc(NC(=O)[C@@H]2CC(=O)N(C)[C@@H]2c2ccccc2)c1. The molecule has 2 aromatic carbocycles. The van der Waals surface area contributed by atoms with E-state index in [0.29, 0.717) is 11.4 Å². The van der Waals surface area contributed by atoms with Crippen molar-refractivity contribution in [3.05, 3.63) is 60.2 Å². The van der Waals surface area contributed by atoms with Gasteiger partial charge in [0.1, 0.15) is 5.75 Å². The number of carbonyl (C=O) groups excluding carboxylic acids is 2. The fourth-order valence-electron chi connectivity index (χ4n) is 3.15. The van der Waals surface area contributed by atoms with Gasteiger partial charge in [0, 0.05) is 25.2 Å². The number of ether oxygens (including phenoxy) is 1. The number of nitrogens with zero attached hydrogens (tertiary/aromatic N) is 1. The van der Waals surface area contributed by atoms with Crippen LogP contribution in [-0.2, 0) is 9.59 Å². The molecule has 1 aliphatic rings. The predicted octanol–water partition coefficient (Wildman–Crippen LogP) is 2.85. The van der Waals surface area contributed by atoms with Crippen molar-refractivity contribution in [2.24, 2.45) is 5.92 Å². The van der Waals surface area contributed by atoms with Crippen LogP contribution < -0.4 is 10.1 Å². The normalized spacial score (nSPS) is 20.1. The minimum Gasteiger partial charge on any atom is -0.497 e. The van der Waals surface area contributed by atoms with Gasteiger partial charge in [-0.1, -0.05) is 36.4 Å². The molecule has 24 heavy (non-hydrogen) atoms. The van der Waals surface area contributed by atoms with Crippen molar-refractivity contribution >= 4 is 17.5 Å². The van der Waals surface area contributed by atoms with Gasteiger partial charge in [-0.25, -0.2) is 0 Å². The summed E-state index contributed by atoms with van der Waals surface area (Å²) in [5.41, 5.74) is 1.63. The largest absolute Gasteiger partial charge is 0.497 e. The molecule has 2 aromatic rings. The first-order chi connectivity index (χ1) is 11.6. The van der Waals surface area contributed by atoms with E-state index in [2.05, 4.69) is 5.32 Å². The maximum atomic E-state index is 12.8. The van der Waals surface area contributed by atoms with Crippen LogP contribution in [0.25, 0.3) is 0 Å². The van der Waals surface area contributed by atoms with Crippen LogP contribution in [0.4, 0.5) is 5.69 Å². The summed E-state index contributed by atoms with van der Waals surface area (Å²) in [6.07, 6.45) is 0.214. The molecule has 1 fully saturated rings. The summed E-state index contributed by atoms with van der Waals surface area (Å²) >= 11 is 0. The number of hydrogen-bond acceptors (Lipinski definition) is 3. The zero-order valence-corrected chi connectivity index (χ0v) is 13.7. The van der Waals surface area contributed by atoms with Crippen molar-refractivity contribution < 1.29 is 14.3 Å². The van der Waals surface area contributed by atoms with Crippen molar-refractivity contribution in [2.45, 2.75) is 12.5 Å². The van der Waals surface area contributed by atoms with E-state index in [-0.39, 0.29) is 24.3 Å². The average molecular weight is 324 g/mol. The van der Waals surface area contributed by atoms with Crippen molar-refractivity contribution in [1.82, 2.24) is 4.90 Å². The van der Waals surface area contributed by atoms with Crippen LogP contribution in [0, 0.1) is 5.92 Å². The topological polar surface area (TPSA) is 58.6 Å². The monoisotopic (exact) mass is 324 g/mol. The van der Waals surface area contributed by atoms with E-state index in [1.54, 1.807) is 31.2 Å². The molecule has 0 aliphatic carbocycles. The third-order valence-corrected chi connectivity index (χ3v) is 4.40. The Morgan fingerprint density at radius 1 is 1.17 bits per heavy atom. The fraction of sp³-hybridized carbons (Fsp3) is 0.263. The standard InChI is InChI=1S/C19H20N2O3/c1-21-17(22)12-16(18(21)13-7-4-3-5-8-13)19(23)20-14-9-6-10-15(11-14)24-2/h3-11,16,18H,12H2,1-2H3,(H,20,23)/t16-,18-/m1/s1. The number of amides is 2. The molecule has 2 atom stereocenters. The highest BCUT2D eigenvalue weighted by Crippen LogP contribution is 2.37. The van der Waals surface area contributed by atoms with Gasteiger partial charge in [0.05, 0.1) is 19.1 Å². The minimum atomic E-state index is -0.420. The first-order valence-electron chi connectivity index (χ1n) is 7.85. The van der Waals surface area contributed by atoms with Crippen molar-refractivity contribution in [2.75, 3.05) is 19.5 Å². The van der Waals surface area contributed by atoms with Crippen molar-refractivity contribution in [3.8, 4) is 5.75 Å². The van der Waals surface area contributed by atoms with E-state index in [0.717, 1.165) is 5.56 Å². The number of hydrogen-bond donors (Lipinski definition) is 1. The Bertz CT molecular complexity index is 745. The lowest BCUT2D eigenvalue weighted by atomic mass is 9.93. The molecule has 2 amide bonds. The van der Waals surface area contributed by atoms with Gasteiger partial charge in [-0.05, 0) is 17.7 Å². The smallest absolute Gasteiger partial charge is 0.230 e. The Kier molecular flexibility index (Phi) is 4.51. The Morgan fingerprint density at radius 3 is 2.62 bits per heavy atom. The van der Waals surface area contributed by atoms with Crippen LogP contribution in [0.1, 0.15) is 18.0 Å². The summed E-state index contributed by atoms with van der Waals surface area (Å²) in [6, 6.07) is 16.6. The highest BCUT2D eigenvalue weighted by Gasteiger charge is 2.42. The summed E-state index contributed by atoms with van der Waals surface area (Å²) in [4.78, 5) is 26.6. The summed E-state index contributed by atoms with van der Waals surface area (Å²) in [7, 11) is 3.33. The van der Waals surface area contributed by atoms with Crippen LogP contribution in [0.5, 0.6) is 5.75 Å². The zero-order chi connectivity index (χ0) is 17.1. The first-order valence-corrected chi connectivity index (χ1v) is 7.85. The van der Waals surface area contributed by atoms with Crippen LogP contribution in [0.2, 0.25) is 0 Å². The van der Waals surface area contributed by atoms with E-state index >= 15 is 0 Å². The molecule has 1 N–H and O–H groups in total. The van der Waals surface area contributed by atoms with E-state index in [1.807, 2.05) is 42.5 Å². The summed E-state index contributed by atoms with van der Waals surface area (Å²) < 4.78 is 5.17. The van der Waals surface area contributed by atoms with E-state index in [9.17, 15) is 9.59 Å². The molecule has 5 nitrogen and oxygen atoms in total. The van der Waals surface area contributed by atoms with Crippen LogP contribution in [0.3, 0.4) is 0 Å². The van der Waals surface area contributed by atoms with Gasteiger partial charge >= 0.3 is 0 Å². The fourth-order valence-corrected chi connectivity index (χ4v) is 3.15. The summed E-state index contributed by atoms with van der Waals surface area (Å²) in [5.74, 6) is 0.0765. The van der Waals surface area contributed by atoms with E-state index in [4.69, 9.17) is 4.74 Å². The first kappa shape index (κ1) is 16.1. The lowest BCUT2D eigenvalue weighted by Gasteiger charge is -2.25. The van der Waals surface area contributed by atoms with Crippen molar-refractivity contribution in [1.29, 1.82) is 0 Å². The zero-order valence-electron chi connectivity index (χ0n) is 13.7. The van der Waals surface area contributed by atoms with Crippen molar-refractivity contribution in [3.63, 3.8) is 0 Å². The Balaban J connectivity index is 1.83. The van der Waals surface area contributed by atoms with Crippen LogP contribution >= 0.6 is 0 Å². The molecule has 0 saturated carbocycles. The van der Waals surface area contributed by atoms with E-state index < -0.39 is 5.92 Å². The van der Waals surface area contributed by atoms with Gasteiger partial charge in [-0.3, -0.25) is 9.59 Å². The molecular weight excluding hydrogens is 304 g/mol. The molecule has 0 unspecified atom stereocenters. The lowest BCUT2D eigenvalue weighted by molar-refractivity contribution is -0.127. The predicted molar refractivity (Wildman–Crippen MR) is 91.7 cm³/mol. The molecule has 1 aliphatic heterocycles. The highest BCUT2D eigenvalue weighted by atomic mass is 16.5. The van der Waals surface area contributed by atoms with Crippen LogP contribution in [-0.4, -0.2) is 30.9 Å². The molecule has 0 bridgehead atoms.